The number of para-hydroxylation sites is 1. The second kappa shape index (κ2) is 12.7. The molecular weight excluding hydrogens is 544 g/mol. The van der Waals surface area contributed by atoms with Crippen molar-refractivity contribution < 1.29 is 17.9 Å². The molecule has 3 aromatic rings. The number of carbonyl (C=O) groups excluding carboxylic acids is 1. The highest BCUT2D eigenvalue weighted by atomic mass is 35.5. The molecule has 0 bridgehead atoms. The highest BCUT2D eigenvalue weighted by Gasteiger charge is 2.32. The maximum absolute atomic E-state index is 13.7. The Morgan fingerprint density at radius 2 is 1.74 bits per heavy atom. The van der Waals surface area contributed by atoms with Gasteiger partial charge in [0, 0.05) is 31.7 Å². The average Bonchev–Trinajstić information content (AvgIpc) is 3.28. The van der Waals surface area contributed by atoms with Crippen LogP contribution in [-0.4, -0.2) is 75.4 Å². The SMILES string of the molecule is CCOc1cccc2sc(N(CCN(C)C)C(=O)c3ccc(S(=O)(=O)N4CC(C)CC(C)C4)cc3)nc12.Cl. The molecule has 1 aliphatic heterocycles. The zero-order valence-corrected chi connectivity index (χ0v) is 25.0. The number of carbonyl (C=O) groups is 1. The van der Waals surface area contributed by atoms with Gasteiger partial charge in [-0.3, -0.25) is 9.69 Å². The van der Waals surface area contributed by atoms with Gasteiger partial charge in [-0.05, 0) is 75.7 Å². The van der Waals surface area contributed by atoms with E-state index in [1.165, 1.54) is 11.3 Å². The molecule has 0 N–H and O–H groups in total. The highest BCUT2D eigenvalue weighted by molar-refractivity contribution is 7.89. The first-order valence-corrected chi connectivity index (χ1v) is 14.9. The van der Waals surface area contributed by atoms with Crippen molar-refractivity contribution in [2.24, 2.45) is 11.8 Å². The molecule has 2 heterocycles. The number of nitrogens with zero attached hydrogens (tertiary/aromatic N) is 4. The number of sulfonamides is 1. The van der Waals surface area contributed by atoms with Gasteiger partial charge in [0.25, 0.3) is 5.91 Å². The van der Waals surface area contributed by atoms with Gasteiger partial charge in [-0.15, -0.1) is 12.4 Å². The van der Waals surface area contributed by atoms with Crippen LogP contribution in [-0.2, 0) is 10.0 Å². The van der Waals surface area contributed by atoms with E-state index in [0.29, 0.717) is 61.1 Å². The zero-order chi connectivity index (χ0) is 26.7. The molecule has 2 aromatic carbocycles. The maximum Gasteiger partial charge on any atom is 0.260 e. The first kappa shape index (κ1) is 30.3. The number of benzene rings is 2. The predicted octanol–water partition coefficient (Wildman–Crippen LogP) is 4.99. The summed E-state index contributed by atoms with van der Waals surface area (Å²) in [7, 11) is 0.295. The van der Waals surface area contributed by atoms with Gasteiger partial charge in [0.05, 0.1) is 16.2 Å². The van der Waals surface area contributed by atoms with E-state index < -0.39 is 10.0 Å². The number of rotatable bonds is 9. The molecule has 0 saturated carbocycles. The summed E-state index contributed by atoms with van der Waals surface area (Å²) in [5.41, 5.74) is 1.15. The van der Waals surface area contributed by atoms with Crippen LogP contribution in [0.4, 0.5) is 5.13 Å². The lowest BCUT2D eigenvalue weighted by Gasteiger charge is -2.34. The number of fused-ring (bicyclic) bond motifs is 1. The number of likely N-dealkylation sites (N-methyl/N-ethyl adjacent to an activating group) is 1. The molecule has 8 nitrogen and oxygen atoms in total. The number of aromatic nitrogens is 1. The fraction of sp³-hybridized carbons (Fsp3) is 0.481. The number of thiazole rings is 1. The van der Waals surface area contributed by atoms with Crippen LogP contribution < -0.4 is 9.64 Å². The Bertz CT molecular complexity index is 1330. The van der Waals surface area contributed by atoms with E-state index in [-0.39, 0.29) is 23.2 Å². The van der Waals surface area contributed by atoms with Crippen LogP contribution in [0.3, 0.4) is 0 Å². The monoisotopic (exact) mass is 580 g/mol. The van der Waals surface area contributed by atoms with Gasteiger partial charge in [0.15, 0.2) is 5.13 Å². The fourth-order valence-electron chi connectivity index (χ4n) is 4.76. The van der Waals surface area contributed by atoms with Gasteiger partial charge in [0.1, 0.15) is 11.3 Å². The van der Waals surface area contributed by atoms with Gasteiger partial charge < -0.3 is 9.64 Å². The molecule has 11 heteroatoms. The molecular formula is C27H37ClN4O4S2. The first-order valence-electron chi connectivity index (χ1n) is 12.7. The molecule has 208 valence electrons. The summed E-state index contributed by atoms with van der Waals surface area (Å²) in [5, 5.41) is 0.585. The van der Waals surface area contributed by atoms with Crippen molar-refractivity contribution in [3.8, 4) is 5.75 Å². The summed E-state index contributed by atoms with van der Waals surface area (Å²) in [6.45, 7) is 8.76. The standard InChI is InChI=1S/C27H36N4O4S2.ClH/c1-6-35-23-8-7-9-24-25(23)28-27(36-24)31(15-14-29(4)5)26(32)21-10-12-22(13-11-21)37(33,34)30-17-19(2)16-20(3)18-30;/h7-13,19-20H,6,14-18H2,1-5H3;1H. The minimum absolute atomic E-state index is 0. The summed E-state index contributed by atoms with van der Waals surface area (Å²) in [6.07, 6.45) is 1.03. The summed E-state index contributed by atoms with van der Waals surface area (Å²) >= 11 is 1.44. The highest BCUT2D eigenvalue weighted by Crippen LogP contribution is 2.35. The second-order valence-electron chi connectivity index (χ2n) is 10.1. The van der Waals surface area contributed by atoms with Crippen molar-refractivity contribution in [3.05, 3.63) is 48.0 Å². The summed E-state index contributed by atoms with van der Waals surface area (Å²) in [5.74, 6) is 1.12. The normalized spacial score (nSPS) is 18.4. The summed E-state index contributed by atoms with van der Waals surface area (Å²) in [6, 6.07) is 12.1. The van der Waals surface area contributed by atoms with Crippen LogP contribution in [0.5, 0.6) is 5.75 Å². The van der Waals surface area contributed by atoms with Gasteiger partial charge in [-0.1, -0.05) is 31.3 Å². The van der Waals surface area contributed by atoms with Crippen LogP contribution in [0.25, 0.3) is 10.2 Å². The predicted molar refractivity (Wildman–Crippen MR) is 156 cm³/mol. The average molecular weight is 581 g/mol. The third kappa shape index (κ3) is 6.66. The molecule has 1 amide bonds. The maximum atomic E-state index is 13.7. The Morgan fingerprint density at radius 1 is 1.08 bits per heavy atom. The Balaban J connectivity index is 0.00000400. The molecule has 1 fully saturated rings. The quantitative estimate of drug-likeness (QED) is 0.354. The second-order valence-corrected chi connectivity index (χ2v) is 13.0. The molecule has 4 rings (SSSR count). The lowest BCUT2D eigenvalue weighted by Crippen LogP contribution is -2.42. The smallest absolute Gasteiger partial charge is 0.260 e. The third-order valence-electron chi connectivity index (χ3n) is 6.49. The molecule has 2 unspecified atom stereocenters. The van der Waals surface area contributed by atoms with Crippen molar-refractivity contribution in [2.75, 3.05) is 51.8 Å². The van der Waals surface area contributed by atoms with E-state index in [9.17, 15) is 13.2 Å². The molecule has 2 atom stereocenters. The number of hydrogen-bond acceptors (Lipinski definition) is 7. The van der Waals surface area contributed by atoms with Crippen molar-refractivity contribution in [1.29, 1.82) is 0 Å². The Morgan fingerprint density at radius 3 is 2.34 bits per heavy atom. The fourth-order valence-corrected chi connectivity index (χ4v) is 7.45. The molecule has 1 aliphatic rings. The summed E-state index contributed by atoms with van der Waals surface area (Å²) in [4.78, 5) is 22.3. The zero-order valence-electron chi connectivity index (χ0n) is 22.6. The lowest BCUT2D eigenvalue weighted by atomic mass is 9.94. The molecule has 1 saturated heterocycles. The molecule has 38 heavy (non-hydrogen) atoms. The van der Waals surface area contributed by atoms with E-state index in [4.69, 9.17) is 9.72 Å². The minimum atomic E-state index is -3.61. The summed E-state index contributed by atoms with van der Waals surface area (Å²) < 4.78 is 34.8. The molecule has 0 spiro atoms. The van der Waals surface area contributed by atoms with Crippen LogP contribution in [0.2, 0.25) is 0 Å². The van der Waals surface area contributed by atoms with E-state index in [1.807, 2.05) is 44.1 Å². The molecule has 1 aromatic heterocycles. The van der Waals surface area contributed by atoms with Crippen LogP contribution in [0.1, 0.15) is 37.6 Å². The van der Waals surface area contributed by atoms with Gasteiger partial charge >= 0.3 is 0 Å². The van der Waals surface area contributed by atoms with E-state index in [2.05, 4.69) is 13.8 Å². The number of halogens is 1. The van der Waals surface area contributed by atoms with Gasteiger partial charge in [-0.25, -0.2) is 13.4 Å². The number of anilines is 1. The first-order chi connectivity index (χ1) is 17.6. The van der Waals surface area contributed by atoms with Crippen LogP contribution in [0.15, 0.2) is 47.4 Å². The van der Waals surface area contributed by atoms with Crippen molar-refractivity contribution >= 4 is 55.0 Å². The number of amides is 1. The number of piperidine rings is 1. The number of ether oxygens (including phenoxy) is 1. The van der Waals surface area contributed by atoms with Crippen LogP contribution >= 0.6 is 23.7 Å². The van der Waals surface area contributed by atoms with E-state index in [1.54, 1.807) is 33.5 Å². The minimum Gasteiger partial charge on any atom is -0.492 e. The van der Waals surface area contributed by atoms with Crippen LogP contribution in [0, 0.1) is 11.8 Å². The third-order valence-corrected chi connectivity index (χ3v) is 9.38. The topological polar surface area (TPSA) is 83.0 Å². The molecule has 0 aliphatic carbocycles. The van der Waals surface area contributed by atoms with E-state index >= 15 is 0 Å². The Labute approximate surface area is 236 Å². The van der Waals surface area contributed by atoms with E-state index in [0.717, 1.165) is 16.6 Å². The van der Waals surface area contributed by atoms with Crippen molar-refractivity contribution in [3.63, 3.8) is 0 Å². The lowest BCUT2D eigenvalue weighted by molar-refractivity contribution is 0.0985. The van der Waals surface area contributed by atoms with Gasteiger partial charge in [-0.2, -0.15) is 4.31 Å². The Kier molecular flexibility index (Phi) is 10.2. The van der Waals surface area contributed by atoms with Crippen molar-refractivity contribution in [1.82, 2.24) is 14.2 Å². The van der Waals surface area contributed by atoms with Crippen molar-refractivity contribution in [2.45, 2.75) is 32.1 Å². The largest absolute Gasteiger partial charge is 0.492 e. The Hall–Kier alpha value is -2.24. The molecule has 0 radical (unpaired) electrons. The van der Waals surface area contributed by atoms with Gasteiger partial charge in [0.2, 0.25) is 10.0 Å². The number of hydrogen-bond donors (Lipinski definition) is 0.